The summed E-state index contributed by atoms with van der Waals surface area (Å²) in [5.74, 6) is 1.17. The third-order valence-electron chi connectivity index (χ3n) is 5.85. The van der Waals surface area contributed by atoms with E-state index in [0.29, 0.717) is 33.7 Å². The molecule has 0 aliphatic carbocycles. The largest absolute Gasteiger partial charge is 0.496 e. The molecule has 2 aromatic heterocycles. The highest BCUT2D eigenvalue weighted by Gasteiger charge is 2.19. The molecule has 0 fully saturated rings. The van der Waals surface area contributed by atoms with Gasteiger partial charge in [-0.05, 0) is 49.2 Å². The fourth-order valence-electron chi connectivity index (χ4n) is 4.01. The molecule has 184 valence electrons. The summed E-state index contributed by atoms with van der Waals surface area (Å²) in [5, 5.41) is 2.41. The number of benzene rings is 3. The second kappa shape index (κ2) is 10.8. The molecule has 0 bridgehead atoms. The van der Waals surface area contributed by atoms with Crippen LogP contribution in [0.4, 0.5) is 4.39 Å². The van der Waals surface area contributed by atoms with E-state index in [2.05, 4.69) is 9.97 Å². The van der Waals surface area contributed by atoms with E-state index in [1.54, 1.807) is 26.4 Å². The van der Waals surface area contributed by atoms with Crippen molar-refractivity contribution in [2.45, 2.75) is 13.8 Å². The Labute approximate surface area is 214 Å². The molecular weight excluding hydrogens is 479 g/mol. The van der Waals surface area contributed by atoms with Crippen molar-refractivity contribution in [3.63, 3.8) is 0 Å². The average Bonchev–Trinajstić information content (AvgIpc) is 2.88. The lowest BCUT2D eigenvalue weighted by Gasteiger charge is -2.14. The van der Waals surface area contributed by atoms with Crippen LogP contribution in [0.3, 0.4) is 0 Å². The van der Waals surface area contributed by atoms with Gasteiger partial charge in [-0.15, -0.1) is 0 Å². The van der Waals surface area contributed by atoms with E-state index in [1.807, 2.05) is 62.4 Å². The fourth-order valence-corrected chi connectivity index (χ4v) is 4.23. The van der Waals surface area contributed by atoms with Gasteiger partial charge in [0.25, 0.3) is 0 Å². The first-order chi connectivity index (χ1) is 17.4. The molecule has 0 spiro atoms. The van der Waals surface area contributed by atoms with Crippen LogP contribution in [0.15, 0.2) is 66.7 Å². The van der Waals surface area contributed by atoms with Gasteiger partial charge in [0, 0.05) is 10.8 Å². The summed E-state index contributed by atoms with van der Waals surface area (Å²) >= 11 is 5.94. The maximum absolute atomic E-state index is 14.4. The second-order valence-electron chi connectivity index (χ2n) is 8.13. The summed E-state index contributed by atoms with van der Waals surface area (Å²) in [6.07, 6.45) is 0. The highest BCUT2D eigenvalue weighted by atomic mass is 35.5. The quantitative estimate of drug-likeness (QED) is 0.236. The molecule has 0 saturated carbocycles. The standard InChI is InChI=1S/C18H16FNO2.C11H10ClNO/c1-11-6-4-7-12-10-15(22-3)18(20-17(11)12)16-13(19)8-5-9-14(16)21-2;1-7-4-3-5-8-6-9(14-2)11(12)13-10(7)8/h4-10H,1-3H3;3-6H,1-2H3. The van der Waals surface area contributed by atoms with Gasteiger partial charge in [0.15, 0.2) is 10.9 Å². The van der Waals surface area contributed by atoms with Crippen LogP contribution in [0, 0.1) is 19.7 Å². The lowest BCUT2D eigenvalue weighted by atomic mass is 10.0. The zero-order valence-electron chi connectivity index (χ0n) is 20.7. The molecule has 5 nitrogen and oxygen atoms in total. The number of fused-ring (bicyclic) bond motifs is 2. The molecule has 0 aliphatic rings. The van der Waals surface area contributed by atoms with Gasteiger partial charge >= 0.3 is 0 Å². The highest BCUT2D eigenvalue weighted by Crippen LogP contribution is 2.38. The molecule has 0 atom stereocenters. The summed E-state index contributed by atoms with van der Waals surface area (Å²) in [7, 11) is 4.65. The maximum Gasteiger partial charge on any atom is 0.171 e. The molecule has 0 aliphatic heterocycles. The van der Waals surface area contributed by atoms with Gasteiger partial charge < -0.3 is 14.2 Å². The molecule has 5 rings (SSSR count). The summed E-state index contributed by atoms with van der Waals surface area (Å²) in [5.41, 5.74) is 4.65. The predicted molar refractivity (Wildman–Crippen MR) is 143 cm³/mol. The summed E-state index contributed by atoms with van der Waals surface area (Å²) in [4.78, 5) is 8.93. The molecule has 0 saturated heterocycles. The van der Waals surface area contributed by atoms with E-state index in [1.165, 1.54) is 13.2 Å². The van der Waals surface area contributed by atoms with Gasteiger partial charge in [-0.1, -0.05) is 54.1 Å². The molecule has 0 amide bonds. The molecule has 7 heteroatoms. The topological polar surface area (TPSA) is 53.5 Å². The van der Waals surface area contributed by atoms with Gasteiger partial charge in [0.05, 0.1) is 37.9 Å². The predicted octanol–water partition coefficient (Wildman–Crippen LogP) is 7.57. The molecule has 2 heterocycles. The zero-order valence-corrected chi connectivity index (χ0v) is 21.5. The van der Waals surface area contributed by atoms with Gasteiger partial charge in [0.1, 0.15) is 23.0 Å². The van der Waals surface area contributed by atoms with Crippen LogP contribution in [0.2, 0.25) is 5.15 Å². The van der Waals surface area contributed by atoms with Gasteiger partial charge in [0.2, 0.25) is 0 Å². The molecular formula is C29H26ClFN2O3. The van der Waals surface area contributed by atoms with Gasteiger partial charge in [-0.2, -0.15) is 0 Å². The maximum atomic E-state index is 14.4. The summed E-state index contributed by atoms with van der Waals surface area (Å²) in [6, 6.07) is 20.4. The molecule has 0 radical (unpaired) electrons. The number of rotatable bonds is 4. The van der Waals surface area contributed by atoms with E-state index in [-0.39, 0.29) is 0 Å². The monoisotopic (exact) mass is 504 g/mol. The Balaban J connectivity index is 0.000000187. The second-order valence-corrected chi connectivity index (χ2v) is 8.49. The van der Waals surface area contributed by atoms with Crippen molar-refractivity contribution in [3.05, 3.63) is 88.8 Å². The Kier molecular flexibility index (Phi) is 7.55. The van der Waals surface area contributed by atoms with E-state index >= 15 is 0 Å². The Bertz CT molecular complexity index is 1560. The number of para-hydroxylation sites is 2. The van der Waals surface area contributed by atoms with Crippen molar-refractivity contribution in [2.75, 3.05) is 21.3 Å². The molecule has 0 N–H and O–H groups in total. The number of hydrogen-bond donors (Lipinski definition) is 0. The first kappa shape index (κ1) is 25.2. The van der Waals surface area contributed by atoms with E-state index < -0.39 is 5.82 Å². The van der Waals surface area contributed by atoms with Crippen LogP contribution in [0.1, 0.15) is 11.1 Å². The minimum atomic E-state index is -0.391. The Hall–Kier alpha value is -3.90. The lowest BCUT2D eigenvalue weighted by Crippen LogP contribution is -1.98. The van der Waals surface area contributed by atoms with Crippen LogP contribution in [0.5, 0.6) is 17.2 Å². The lowest BCUT2D eigenvalue weighted by molar-refractivity contribution is 0.407. The SMILES string of the molecule is COc1cc2cccc(C)c2nc1-c1c(F)cccc1OC.COc1cc2cccc(C)c2nc1Cl. The summed E-state index contributed by atoms with van der Waals surface area (Å²) < 4.78 is 30.2. The zero-order chi connectivity index (χ0) is 25.8. The van der Waals surface area contributed by atoms with Crippen molar-refractivity contribution in [1.82, 2.24) is 9.97 Å². The van der Waals surface area contributed by atoms with Crippen molar-refractivity contribution < 1.29 is 18.6 Å². The van der Waals surface area contributed by atoms with Crippen molar-refractivity contribution in [3.8, 4) is 28.5 Å². The molecule has 36 heavy (non-hydrogen) atoms. The van der Waals surface area contributed by atoms with Crippen molar-refractivity contribution in [1.29, 1.82) is 0 Å². The van der Waals surface area contributed by atoms with E-state index in [4.69, 9.17) is 25.8 Å². The number of pyridine rings is 2. The third kappa shape index (κ3) is 4.90. The Morgan fingerprint density at radius 3 is 1.78 bits per heavy atom. The number of halogens is 2. The number of ether oxygens (including phenoxy) is 3. The fraction of sp³-hybridized carbons (Fsp3) is 0.172. The normalized spacial score (nSPS) is 10.6. The van der Waals surface area contributed by atoms with E-state index in [9.17, 15) is 4.39 Å². The highest BCUT2D eigenvalue weighted by molar-refractivity contribution is 6.31. The number of methoxy groups -OCH3 is 3. The Morgan fingerprint density at radius 1 is 0.667 bits per heavy atom. The third-order valence-corrected chi connectivity index (χ3v) is 6.12. The number of hydrogen-bond acceptors (Lipinski definition) is 5. The van der Waals surface area contributed by atoms with Crippen LogP contribution >= 0.6 is 11.6 Å². The number of nitrogens with zero attached hydrogens (tertiary/aromatic N) is 2. The van der Waals surface area contributed by atoms with Gasteiger partial charge in [-0.25, -0.2) is 14.4 Å². The minimum absolute atomic E-state index is 0.312. The van der Waals surface area contributed by atoms with Gasteiger partial charge in [-0.3, -0.25) is 0 Å². The van der Waals surface area contributed by atoms with Crippen LogP contribution in [-0.2, 0) is 0 Å². The number of aromatic nitrogens is 2. The van der Waals surface area contributed by atoms with Crippen LogP contribution < -0.4 is 14.2 Å². The molecule has 0 unspecified atom stereocenters. The number of aryl methyl sites for hydroxylation is 2. The minimum Gasteiger partial charge on any atom is -0.496 e. The Morgan fingerprint density at radius 2 is 1.19 bits per heavy atom. The molecule has 5 aromatic rings. The van der Waals surface area contributed by atoms with Crippen molar-refractivity contribution in [2.24, 2.45) is 0 Å². The first-order valence-electron chi connectivity index (χ1n) is 11.2. The van der Waals surface area contributed by atoms with Crippen molar-refractivity contribution >= 4 is 33.4 Å². The van der Waals surface area contributed by atoms with E-state index in [0.717, 1.165) is 32.9 Å². The average molecular weight is 505 g/mol. The van der Waals surface area contributed by atoms with Crippen LogP contribution in [-0.4, -0.2) is 31.3 Å². The van der Waals surface area contributed by atoms with Crippen LogP contribution in [0.25, 0.3) is 33.1 Å². The first-order valence-corrected chi connectivity index (χ1v) is 11.6. The smallest absolute Gasteiger partial charge is 0.171 e. The summed E-state index contributed by atoms with van der Waals surface area (Å²) in [6.45, 7) is 3.99. The molecule has 3 aromatic carbocycles.